The molecule has 96 valence electrons. The SMILES string of the molecule is CCCNc1cn2ccnc2c(NC2(C)CC2)n1. The fourth-order valence-corrected chi connectivity index (χ4v) is 1.95. The van der Waals surface area contributed by atoms with Crippen LogP contribution >= 0.6 is 0 Å². The van der Waals surface area contributed by atoms with Crippen molar-refractivity contribution in [1.29, 1.82) is 0 Å². The van der Waals surface area contributed by atoms with Gasteiger partial charge in [-0.05, 0) is 26.2 Å². The molecule has 3 rings (SSSR count). The first kappa shape index (κ1) is 11.3. The summed E-state index contributed by atoms with van der Waals surface area (Å²) in [7, 11) is 0. The third kappa shape index (κ3) is 2.12. The van der Waals surface area contributed by atoms with Crippen molar-refractivity contribution in [1.82, 2.24) is 14.4 Å². The summed E-state index contributed by atoms with van der Waals surface area (Å²) in [6.45, 7) is 5.30. The second-order valence-electron chi connectivity index (χ2n) is 5.25. The van der Waals surface area contributed by atoms with Crippen molar-refractivity contribution in [2.75, 3.05) is 17.2 Å². The lowest BCUT2D eigenvalue weighted by atomic mass is 10.3. The summed E-state index contributed by atoms with van der Waals surface area (Å²) in [5.74, 6) is 1.77. The maximum Gasteiger partial charge on any atom is 0.180 e. The monoisotopic (exact) mass is 245 g/mol. The fourth-order valence-electron chi connectivity index (χ4n) is 1.95. The van der Waals surface area contributed by atoms with Crippen LogP contribution < -0.4 is 10.6 Å². The first-order valence-electron chi connectivity index (χ1n) is 6.56. The highest BCUT2D eigenvalue weighted by atomic mass is 15.2. The van der Waals surface area contributed by atoms with E-state index in [4.69, 9.17) is 0 Å². The summed E-state index contributed by atoms with van der Waals surface area (Å²) in [6, 6.07) is 0. The lowest BCUT2D eigenvalue weighted by Crippen LogP contribution is -2.18. The van der Waals surface area contributed by atoms with Crippen molar-refractivity contribution >= 4 is 17.3 Å². The lowest BCUT2D eigenvalue weighted by molar-refractivity contribution is 0.819. The number of nitrogens with zero attached hydrogens (tertiary/aromatic N) is 3. The molecule has 2 aromatic rings. The minimum Gasteiger partial charge on any atom is -0.369 e. The number of nitrogens with one attached hydrogen (secondary N) is 2. The van der Waals surface area contributed by atoms with Gasteiger partial charge in [-0.2, -0.15) is 0 Å². The van der Waals surface area contributed by atoms with Gasteiger partial charge in [0.25, 0.3) is 0 Å². The zero-order valence-electron chi connectivity index (χ0n) is 10.9. The quantitative estimate of drug-likeness (QED) is 0.850. The van der Waals surface area contributed by atoms with Crippen LogP contribution in [0.3, 0.4) is 0 Å². The molecule has 1 fully saturated rings. The van der Waals surface area contributed by atoms with Crippen LogP contribution in [0.2, 0.25) is 0 Å². The molecule has 0 aliphatic heterocycles. The second-order valence-corrected chi connectivity index (χ2v) is 5.25. The molecule has 0 unspecified atom stereocenters. The molecule has 0 amide bonds. The van der Waals surface area contributed by atoms with Gasteiger partial charge in [0.2, 0.25) is 0 Å². The zero-order chi connectivity index (χ0) is 12.6. The van der Waals surface area contributed by atoms with Crippen molar-refractivity contribution in [3.8, 4) is 0 Å². The molecule has 0 spiro atoms. The Kier molecular flexibility index (Phi) is 2.61. The predicted octanol–water partition coefficient (Wildman–Crippen LogP) is 2.52. The first-order valence-corrected chi connectivity index (χ1v) is 6.56. The van der Waals surface area contributed by atoms with Gasteiger partial charge in [0.15, 0.2) is 11.5 Å². The van der Waals surface area contributed by atoms with Gasteiger partial charge in [0.1, 0.15) is 5.82 Å². The topological polar surface area (TPSA) is 54.2 Å². The van der Waals surface area contributed by atoms with Crippen LogP contribution in [-0.2, 0) is 0 Å². The number of aromatic nitrogens is 3. The van der Waals surface area contributed by atoms with Gasteiger partial charge < -0.3 is 15.0 Å². The maximum absolute atomic E-state index is 4.63. The Morgan fingerprint density at radius 2 is 2.28 bits per heavy atom. The number of hydrogen-bond donors (Lipinski definition) is 2. The number of anilines is 2. The predicted molar refractivity (Wildman–Crippen MR) is 73.0 cm³/mol. The van der Waals surface area contributed by atoms with Gasteiger partial charge in [0.05, 0.1) is 6.20 Å². The standard InChI is InChI=1S/C13H19N5/c1-3-6-14-10-9-18-8-7-15-12(18)11(16-10)17-13(2)4-5-13/h7-9,14H,3-6H2,1-2H3,(H,16,17). The van der Waals surface area contributed by atoms with E-state index in [0.29, 0.717) is 0 Å². The normalized spacial score (nSPS) is 16.8. The molecule has 0 atom stereocenters. The average Bonchev–Trinajstić information content (AvgIpc) is 2.90. The first-order chi connectivity index (χ1) is 8.70. The highest BCUT2D eigenvalue weighted by molar-refractivity contribution is 5.66. The zero-order valence-corrected chi connectivity index (χ0v) is 10.9. The fraction of sp³-hybridized carbons (Fsp3) is 0.538. The summed E-state index contributed by atoms with van der Waals surface area (Å²) in [5, 5.41) is 6.83. The minimum atomic E-state index is 0.211. The minimum absolute atomic E-state index is 0.211. The van der Waals surface area contributed by atoms with Crippen LogP contribution in [0.5, 0.6) is 0 Å². The number of hydrogen-bond acceptors (Lipinski definition) is 4. The van der Waals surface area contributed by atoms with Crippen LogP contribution in [0.4, 0.5) is 11.6 Å². The lowest BCUT2D eigenvalue weighted by Gasteiger charge is -2.14. The summed E-state index contributed by atoms with van der Waals surface area (Å²) < 4.78 is 2.01. The third-order valence-electron chi connectivity index (χ3n) is 3.35. The van der Waals surface area contributed by atoms with Crippen LogP contribution in [-0.4, -0.2) is 26.5 Å². The molecule has 2 N–H and O–H groups in total. The summed E-state index contributed by atoms with van der Waals surface area (Å²) in [5.41, 5.74) is 1.10. The Balaban J connectivity index is 1.95. The number of fused-ring (bicyclic) bond motifs is 1. The molecule has 0 saturated heterocycles. The Labute approximate surface area is 107 Å². The molecule has 5 heteroatoms. The third-order valence-corrected chi connectivity index (χ3v) is 3.35. The largest absolute Gasteiger partial charge is 0.369 e. The summed E-state index contributed by atoms with van der Waals surface area (Å²) >= 11 is 0. The van der Waals surface area contributed by atoms with Gasteiger partial charge >= 0.3 is 0 Å². The van der Waals surface area contributed by atoms with Gasteiger partial charge in [0, 0.05) is 24.5 Å². The van der Waals surface area contributed by atoms with Gasteiger partial charge in [-0.25, -0.2) is 9.97 Å². The van der Waals surface area contributed by atoms with E-state index >= 15 is 0 Å². The van der Waals surface area contributed by atoms with Crippen LogP contribution in [0.25, 0.3) is 5.65 Å². The van der Waals surface area contributed by atoms with Crippen molar-refractivity contribution in [3.63, 3.8) is 0 Å². The summed E-state index contributed by atoms with van der Waals surface area (Å²) in [4.78, 5) is 8.99. The Morgan fingerprint density at radius 1 is 1.44 bits per heavy atom. The van der Waals surface area contributed by atoms with Crippen LogP contribution in [0.1, 0.15) is 33.1 Å². The second kappa shape index (κ2) is 4.15. The molecule has 0 radical (unpaired) electrons. The molecule has 0 bridgehead atoms. The Hall–Kier alpha value is -1.78. The molecule has 5 nitrogen and oxygen atoms in total. The van der Waals surface area contributed by atoms with Gasteiger partial charge in [-0.3, -0.25) is 0 Å². The molecule has 2 aromatic heterocycles. The van der Waals surface area contributed by atoms with E-state index in [1.807, 2.05) is 16.8 Å². The Bertz CT molecular complexity index is 556. The number of imidazole rings is 1. The van der Waals surface area contributed by atoms with Crippen molar-refractivity contribution in [2.24, 2.45) is 0 Å². The summed E-state index contributed by atoms with van der Waals surface area (Å²) in [6.07, 6.45) is 9.24. The number of rotatable bonds is 5. The molecule has 0 aromatic carbocycles. The van der Waals surface area contributed by atoms with E-state index < -0.39 is 0 Å². The smallest absolute Gasteiger partial charge is 0.180 e. The van der Waals surface area contributed by atoms with Gasteiger partial charge in [-0.1, -0.05) is 6.92 Å². The van der Waals surface area contributed by atoms with E-state index in [1.54, 1.807) is 6.20 Å². The molecule has 1 aliphatic carbocycles. The van der Waals surface area contributed by atoms with Crippen molar-refractivity contribution in [2.45, 2.75) is 38.6 Å². The molecule has 18 heavy (non-hydrogen) atoms. The maximum atomic E-state index is 4.63. The van der Waals surface area contributed by atoms with E-state index in [2.05, 4.69) is 34.4 Å². The molecular weight excluding hydrogens is 226 g/mol. The van der Waals surface area contributed by atoms with Crippen molar-refractivity contribution < 1.29 is 0 Å². The molecule has 1 saturated carbocycles. The van der Waals surface area contributed by atoms with Gasteiger partial charge in [-0.15, -0.1) is 0 Å². The van der Waals surface area contributed by atoms with E-state index in [-0.39, 0.29) is 5.54 Å². The van der Waals surface area contributed by atoms with Crippen LogP contribution in [0, 0.1) is 0 Å². The van der Waals surface area contributed by atoms with E-state index in [9.17, 15) is 0 Å². The average molecular weight is 245 g/mol. The van der Waals surface area contributed by atoms with E-state index in [0.717, 1.165) is 30.2 Å². The van der Waals surface area contributed by atoms with E-state index in [1.165, 1.54) is 12.8 Å². The highest BCUT2D eigenvalue weighted by Gasteiger charge is 2.38. The van der Waals surface area contributed by atoms with Crippen LogP contribution in [0.15, 0.2) is 18.6 Å². The molecule has 1 aliphatic rings. The highest BCUT2D eigenvalue weighted by Crippen LogP contribution is 2.38. The Morgan fingerprint density at radius 3 is 3.00 bits per heavy atom. The van der Waals surface area contributed by atoms with Crippen molar-refractivity contribution in [3.05, 3.63) is 18.6 Å². The molecule has 2 heterocycles. The molecular formula is C13H19N5.